The summed E-state index contributed by atoms with van der Waals surface area (Å²) in [6, 6.07) is 7.81. The molecule has 4 heteroatoms. The predicted molar refractivity (Wildman–Crippen MR) is 79.1 cm³/mol. The van der Waals surface area contributed by atoms with Crippen molar-refractivity contribution in [3.63, 3.8) is 0 Å². The zero-order chi connectivity index (χ0) is 12.5. The standard InChI is InChI=1S/C15H20N2O.ClH/c16-9-10-5-7-11(8-6-10)17-15(18)14-12-3-1-2-4-13(12)14;/h5-8,12-14H,1-4,9,16H2,(H,17,18);1H. The quantitative estimate of drug-likeness (QED) is 0.894. The number of fused-ring (bicyclic) bond motifs is 1. The highest BCUT2D eigenvalue weighted by molar-refractivity contribution is 5.94. The van der Waals surface area contributed by atoms with Crippen LogP contribution in [0.2, 0.25) is 0 Å². The zero-order valence-corrected chi connectivity index (χ0v) is 11.8. The van der Waals surface area contributed by atoms with Gasteiger partial charge >= 0.3 is 0 Å². The number of halogens is 1. The fourth-order valence-corrected chi connectivity index (χ4v) is 3.33. The molecule has 3 nitrogen and oxygen atoms in total. The van der Waals surface area contributed by atoms with E-state index in [0.717, 1.165) is 11.3 Å². The number of benzene rings is 1. The van der Waals surface area contributed by atoms with Crippen LogP contribution in [0.4, 0.5) is 5.69 Å². The van der Waals surface area contributed by atoms with Crippen LogP contribution in [0.1, 0.15) is 31.2 Å². The molecule has 0 spiro atoms. The molecule has 2 fully saturated rings. The van der Waals surface area contributed by atoms with Gasteiger partial charge in [0.1, 0.15) is 0 Å². The van der Waals surface area contributed by atoms with E-state index in [1.165, 1.54) is 25.7 Å². The third-order valence-electron chi connectivity index (χ3n) is 4.42. The lowest BCUT2D eigenvalue weighted by Gasteiger charge is -2.05. The molecule has 1 aromatic carbocycles. The molecule has 2 aliphatic carbocycles. The van der Waals surface area contributed by atoms with Gasteiger partial charge in [0.05, 0.1) is 0 Å². The number of carbonyl (C=O) groups excluding carboxylic acids is 1. The Morgan fingerprint density at radius 3 is 2.26 bits per heavy atom. The largest absolute Gasteiger partial charge is 0.326 e. The molecule has 2 saturated carbocycles. The maximum atomic E-state index is 12.2. The lowest BCUT2D eigenvalue weighted by Crippen LogP contribution is -2.15. The van der Waals surface area contributed by atoms with Crippen LogP contribution < -0.4 is 11.1 Å². The van der Waals surface area contributed by atoms with Crippen molar-refractivity contribution in [3.8, 4) is 0 Å². The van der Waals surface area contributed by atoms with Crippen molar-refractivity contribution in [2.24, 2.45) is 23.5 Å². The van der Waals surface area contributed by atoms with Crippen molar-refractivity contribution in [2.45, 2.75) is 32.2 Å². The van der Waals surface area contributed by atoms with Crippen molar-refractivity contribution >= 4 is 24.0 Å². The van der Waals surface area contributed by atoms with Crippen LogP contribution in [0.5, 0.6) is 0 Å². The fraction of sp³-hybridized carbons (Fsp3) is 0.533. The third-order valence-corrected chi connectivity index (χ3v) is 4.42. The first-order valence-corrected chi connectivity index (χ1v) is 6.89. The average molecular weight is 281 g/mol. The van der Waals surface area contributed by atoms with Crippen LogP contribution in [0.15, 0.2) is 24.3 Å². The fourth-order valence-electron chi connectivity index (χ4n) is 3.33. The van der Waals surface area contributed by atoms with Crippen LogP contribution in [0, 0.1) is 17.8 Å². The normalized spacial score (nSPS) is 27.9. The van der Waals surface area contributed by atoms with E-state index < -0.39 is 0 Å². The van der Waals surface area contributed by atoms with Crippen molar-refractivity contribution < 1.29 is 4.79 Å². The topological polar surface area (TPSA) is 55.1 Å². The van der Waals surface area contributed by atoms with Crippen LogP contribution >= 0.6 is 12.4 Å². The first-order valence-electron chi connectivity index (χ1n) is 6.89. The highest BCUT2D eigenvalue weighted by atomic mass is 35.5. The molecule has 1 amide bonds. The SMILES string of the molecule is Cl.NCc1ccc(NC(=O)C2C3CCCCC32)cc1. The predicted octanol–water partition coefficient (Wildman–Crippen LogP) is 2.94. The lowest BCUT2D eigenvalue weighted by molar-refractivity contribution is -0.117. The highest BCUT2D eigenvalue weighted by Crippen LogP contribution is 2.55. The zero-order valence-electron chi connectivity index (χ0n) is 11.0. The molecule has 2 unspecified atom stereocenters. The molecule has 104 valence electrons. The minimum Gasteiger partial charge on any atom is -0.326 e. The summed E-state index contributed by atoms with van der Waals surface area (Å²) < 4.78 is 0. The van der Waals surface area contributed by atoms with Crippen molar-refractivity contribution in [1.29, 1.82) is 0 Å². The van der Waals surface area contributed by atoms with E-state index in [9.17, 15) is 4.79 Å². The molecule has 0 bridgehead atoms. The molecular weight excluding hydrogens is 260 g/mol. The Morgan fingerprint density at radius 2 is 1.74 bits per heavy atom. The molecule has 0 saturated heterocycles. The van der Waals surface area contributed by atoms with Gasteiger partial charge in [0, 0.05) is 18.2 Å². The first kappa shape index (κ1) is 14.4. The number of carbonyl (C=O) groups is 1. The molecule has 3 rings (SSSR count). The number of nitrogens with one attached hydrogen (secondary N) is 1. The average Bonchev–Trinajstić information content (AvgIpc) is 3.14. The smallest absolute Gasteiger partial charge is 0.228 e. The molecule has 2 atom stereocenters. The van der Waals surface area contributed by atoms with Gasteiger partial charge in [-0.25, -0.2) is 0 Å². The van der Waals surface area contributed by atoms with E-state index >= 15 is 0 Å². The summed E-state index contributed by atoms with van der Waals surface area (Å²) in [6.07, 6.45) is 5.09. The molecule has 2 aliphatic rings. The Morgan fingerprint density at radius 1 is 1.16 bits per heavy atom. The van der Waals surface area contributed by atoms with Crippen LogP contribution in [0.25, 0.3) is 0 Å². The number of amides is 1. The molecule has 0 radical (unpaired) electrons. The second kappa shape index (κ2) is 5.93. The minimum atomic E-state index is 0. The van der Waals surface area contributed by atoms with E-state index in [1.807, 2.05) is 24.3 Å². The van der Waals surface area contributed by atoms with Gasteiger partial charge in [-0.1, -0.05) is 25.0 Å². The Labute approximate surface area is 120 Å². The summed E-state index contributed by atoms with van der Waals surface area (Å²) in [4.78, 5) is 12.2. The van der Waals surface area contributed by atoms with Gasteiger partial charge in [0.2, 0.25) is 5.91 Å². The molecule has 19 heavy (non-hydrogen) atoms. The first-order chi connectivity index (χ1) is 8.79. The highest BCUT2D eigenvalue weighted by Gasteiger charge is 2.54. The Balaban J connectivity index is 0.00000133. The van der Waals surface area contributed by atoms with Gasteiger partial charge in [-0.05, 0) is 42.4 Å². The van der Waals surface area contributed by atoms with Gasteiger partial charge in [0.15, 0.2) is 0 Å². The van der Waals surface area contributed by atoms with E-state index in [4.69, 9.17) is 5.73 Å². The van der Waals surface area contributed by atoms with Gasteiger partial charge in [-0.2, -0.15) is 0 Å². The summed E-state index contributed by atoms with van der Waals surface area (Å²) in [5.41, 5.74) is 7.53. The van der Waals surface area contributed by atoms with Gasteiger partial charge in [0.25, 0.3) is 0 Å². The Hall–Kier alpha value is -1.06. The summed E-state index contributed by atoms with van der Waals surface area (Å²) in [6.45, 7) is 0.543. The number of nitrogens with two attached hydrogens (primary N) is 1. The molecule has 0 aromatic heterocycles. The van der Waals surface area contributed by atoms with Gasteiger partial charge < -0.3 is 11.1 Å². The van der Waals surface area contributed by atoms with Crippen molar-refractivity contribution in [2.75, 3.05) is 5.32 Å². The van der Waals surface area contributed by atoms with E-state index in [-0.39, 0.29) is 24.2 Å². The maximum Gasteiger partial charge on any atom is 0.228 e. The lowest BCUT2D eigenvalue weighted by atomic mass is 10.0. The van der Waals surface area contributed by atoms with Crippen LogP contribution in [-0.4, -0.2) is 5.91 Å². The molecule has 3 N–H and O–H groups in total. The second-order valence-electron chi connectivity index (χ2n) is 5.53. The minimum absolute atomic E-state index is 0. The van der Waals surface area contributed by atoms with Gasteiger partial charge in [-0.15, -0.1) is 12.4 Å². The van der Waals surface area contributed by atoms with Gasteiger partial charge in [-0.3, -0.25) is 4.79 Å². The Kier molecular flexibility index (Phi) is 4.48. The summed E-state index contributed by atoms with van der Waals surface area (Å²) in [5, 5.41) is 3.03. The molecule has 1 aromatic rings. The monoisotopic (exact) mass is 280 g/mol. The Bertz CT molecular complexity index is 434. The summed E-state index contributed by atoms with van der Waals surface area (Å²) >= 11 is 0. The summed E-state index contributed by atoms with van der Waals surface area (Å²) in [7, 11) is 0. The van der Waals surface area contributed by atoms with E-state index in [1.54, 1.807) is 0 Å². The van der Waals surface area contributed by atoms with Crippen molar-refractivity contribution in [3.05, 3.63) is 29.8 Å². The number of hydrogen-bond acceptors (Lipinski definition) is 2. The number of hydrogen-bond donors (Lipinski definition) is 2. The number of anilines is 1. The maximum absolute atomic E-state index is 12.2. The van der Waals surface area contributed by atoms with E-state index in [2.05, 4.69) is 5.32 Å². The molecule has 0 heterocycles. The molecular formula is C15H21ClN2O. The van der Waals surface area contributed by atoms with Crippen LogP contribution in [-0.2, 0) is 11.3 Å². The van der Waals surface area contributed by atoms with Crippen LogP contribution in [0.3, 0.4) is 0 Å². The second-order valence-corrected chi connectivity index (χ2v) is 5.53. The van der Waals surface area contributed by atoms with Crippen molar-refractivity contribution in [1.82, 2.24) is 0 Å². The van der Waals surface area contributed by atoms with E-state index in [0.29, 0.717) is 18.4 Å². The summed E-state index contributed by atoms with van der Waals surface area (Å²) in [5.74, 6) is 1.83. The molecule has 0 aliphatic heterocycles. The number of rotatable bonds is 3. The third kappa shape index (κ3) is 2.93.